The number of nitrogens with two attached hydrogens (primary N) is 1. The normalized spacial score (nSPS) is 12.8. The number of amides is 3. The number of aryl methyl sites for hydroxylation is 2. The van der Waals surface area contributed by atoms with E-state index in [0.29, 0.717) is 57.3 Å². The minimum Gasteiger partial charge on any atom is -0.478 e. The van der Waals surface area contributed by atoms with Crippen molar-refractivity contribution in [1.29, 1.82) is 0 Å². The molecule has 9 nitrogen and oxygen atoms in total. The molecule has 6 N–H and O–H groups in total. The van der Waals surface area contributed by atoms with Crippen LogP contribution in [0.3, 0.4) is 0 Å². The topological polar surface area (TPSA) is 151 Å². The largest absolute Gasteiger partial charge is 0.478 e. The number of carbonyl (C=O) groups is 4. The van der Waals surface area contributed by atoms with Gasteiger partial charge in [-0.05, 0) is 160 Å². The number of hydrogen-bond donors (Lipinski definition) is 5. The highest BCUT2D eigenvalue weighted by atomic mass is 35.5. The highest BCUT2D eigenvalue weighted by molar-refractivity contribution is 7.98. The fourth-order valence-electron chi connectivity index (χ4n) is 8.51. The average Bonchev–Trinajstić information content (AvgIpc) is 1.61. The number of nitrogen functional groups attached to an aromatic ring is 1. The van der Waals surface area contributed by atoms with Gasteiger partial charge in [0.1, 0.15) is 0 Å². The number of hydrogen-bond acceptors (Lipinski definition) is 7. The average molecular weight is 1280 g/mol. The number of halogens is 14. The lowest BCUT2D eigenvalue weighted by Crippen LogP contribution is -2.46. The molecule has 0 aliphatic rings. The zero-order valence-corrected chi connectivity index (χ0v) is 50.4. The van der Waals surface area contributed by atoms with Crippen LogP contribution in [0.25, 0.3) is 0 Å². The highest BCUT2D eigenvalue weighted by Gasteiger charge is 2.39. The molecule has 0 saturated carbocycles. The molecule has 0 bridgehead atoms. The van der Waals surface area contributed by atoms with Crippen molar-refractivity contribution in [2.45, 2.75) is 103 Å². The minimum atomic E-state index is -4.96. The van der Waals surface area contributed by atoms with Gasteiger partial charge in [0.2, 0.25) is 0 Å². The van der Waals surface area contributed by atoms with Crippen molar-refractivity contribution >= 4 is 81.8 Å². The van der Waals surface area contributed by atoms with Gasteiger partial charge in [0.05, 0.1) is 54.6 Å². The fourth-order valence-corrected chi connectivity index (χ4v) is 10.6. The number of carboxylic acid groups (broad SMARTS) is 1. The number of nitrogens with one attached hydrogen (secondary N) is 3. The number of carboxylic acids is 1. The molecular weight excluding hydrogens is 1220 g/mol. The van der Waals surface area contributed by atoms with Crippen molar-refractivity contribution in [3.63, 3.8) is 0 Å². The summed E-state index contributed by atoms with van der Waals surface area (Å²) in [5.41, 5.74) is 2.09. The van der Waals surface area contributed by atoms with Crippen molar-refractivity contribution in [2.75, 3.05) is 35.1 Å². The van der Waals surface area contributed by atoms with E-state index in [1.165, 1.54) is 55.5 Å². The summed E-state index contributed by atoms with van der Waals surface area (Å²) >= 11 is 15.4. The Morgan fingerprint density at radius 2 is 0.859 bits per heavy atom. The molecule has 2 unspecified atom stereocenters. The Morgan fingerprint density at radius 1 is 0.506 bits per heavy atom. The molecule has 460 valence electrons. The van der Waals surface area contributed by atoms with E-state index in [2.05, 4.69) is 16.0 Å². The summed E-state index contributed by atoms with van der Waals surface area (Å²) in [5, 5.41) is 17.7. The predicted molar refractivity (Wildman–Crippen MR) is 312 cm³/mol. The summed E-state index contributed by atoms with van der Waals surface area (Å²) in [7, 11) is 0. The molecule has 3 amide bonds. The molecule has 85 heavy (non-hydrogen) atoms. The van der Waals surface area contributed by atoms with Crippen molar-refractivity contribution < 1.29 is 77.0 Å². The molecule has 6 aromatic rings. The van der Waals surface area contributed by atoms with Crippen LogP contribution in [0.15, 0.2) is 109 Å². The van der Waals surface area contributed by atoms with E-state index in [1.54, 1.807) is 68.6 Å². The van der Waals surface area contributed by atoms with Gasteiger partial charge >= 0.3 is 30.7 Å². The maximum atomic E-state index is 13.4. The van der Waals surface area contributed by atoms with Gasteiger partial charge in [-0.2, -0.15) is 76.2 Å². The molecule has 0 aliphatic carbocycles. The number of anilines is 2. The molecule has 0 fully saturated rings. The van der Waals surface area contributed by atoms with Crippen LogP contribution in [-0.4, -0.2) is 63.9 Å². The maximum absolute atomic E-state index is 13.4. The summed E-state index contributed by atoms with van der Waals surface area (Å²) in [6.07, 6.45) is -15.8. The minimum absolute atomic E-state index is 0.00115. The molecule has 2 atom stereocenters. The maximum Gasteiger partial charge on any atom is 0.416 e. The van der Waals surface area contributed by atoms with Crippen LogP contribution in [0.2, 0.25) is 10.0 Å². The van der Waals surface area contributed by atoms with E-state index in [4.69, 9.17) is 34.0 Å². The van der Waals surface area contributed by atoms with E-state index >= 15 is 0 Å². The molecular formula is C60H60Cl2F12N4O5S2. The Labute approximate surface area is 502 Å². The molecule has 0 aliphatic heterocycles. The number of alkyl halides is 12. The standard InChI is InChI=1S/C30H29ClF6N2O2S.C17H15F6N.C13H16ClNO3S/c1-16-11-18(17(2)19-12-20(29(32,33)34)14-21(13-19)30(35,36)37)9-10-24(16)38-26(40)22-7-6-8-23(31)25(22)27(41)39-28(3,4)15-42-5;1-9-5-11(3-4-15(9)24)10(2)12-6-13(16(18,19)20)8-14(7-12)17(21,22)23;1-13(2,7-19-3)15-11(16)10-8(12(17)18)5-4-6-9(10)14/h6-14,17H,15H2,1-5H3,(H,38,40)(H,39,41);3-8,10H,24H2,1-2H3;4-6H,7H2,1-3H3,(H,15,16)(H,17,18). The lowest BCUT2D eigenvalue weighted by Gasteiger charge is -2.26. The third-order valence-corrected chi connectivity index (χ3v) is 15.5. The number of thioether (sulfide) groups is 2. The molecule has 0 saturated heterocycles. The second-order valence-electron chi connectivity index (χ2n) is 20.9. The van der Waals surface area contributed by atoms with Gasteiger partial charge in [-0.3, -0.25) is 14.4 Å². The molecule has 6 rings (SSSR count). The molecule has 0 spiro atoms. The van der Waals surface area contributed by atoms with Crippen LogP contribution in [0.4, 0.5) is 64.1 Å². The summed E-state index contributed by atoms with van der Waals surface area (Å²) in [6, 6.07) is 21.4. The Bertz CT molecular complexity index is 3340. The first-order valence-corrected chi connectivity index (χ1v) is 28.9. The van der Waals surface area contributed by atoms with Gasteiger partial charge in [-0.15, -0.1) is 0 Å². The van der Waals surface area contributed by atoms with Gasteiger partial charge in [-0.25, -0.2) is 4.79 Å². The summed E-state index contributed by atoms with van der Waals surface area (Å²) in [4.78, 5) is 49.7. The molecule has 0 radical (unpaired) electrons. The monoisotopic (exact) mass is 1280 g/mol. The summed E-state index contributed by atoms with van der Waals surface area (Å²) in [5.74, 6) is -2.93. The van der Waals surface area contributed by atoms with Crippen LogP contribution < -0.4 is 21.7 Å². The SMILES string of the molecule is CSCC(C)(C)NC(=O)c1c(Cl)cccc1C(=O)Nc1ccc(C(C)c2cc(C(F)(F)F)cc(C(F)(F)F)c2)cc1C.CSCC(C)(C)NC(=O)c1c(Cl)cccc1C(=O)O.Cc1cc(C(C)c2cc(C(F)(F)F)cc(C(F)(F)F)c2)ccc1N. The predicted octanol–water partition coefficient (Wildman–Crippen LogP) is 17.6. The number of rotatable bonds is 15. The highest BCUT2D eigenvalue weighted by Crippen LogP contribution is 2.41. The Balaban J connectivity index is 0.000000303. The fraction of sp³-hybridized carbons (Fsp3) is 0.333. The van der Waals surface area contributed by atoms with Crippen LogP contribution in [-0.2, 0) is 24.7 Å². The Hall–Kier alpha value is -6.56. The Morgan fingerprint density at radius 3 is 1.20 bits per heavy atom. The van der Waals surface area contributed by atoms with E-state index in [1.807, 2.05) is 40.2 Å². The first kappa shape index (κ1) is 70.9. The lowest BCUT2D eigenvalue weighted by molar-refractivity contribution is -0.144. The smallest absolute Gasteiger partial charge is 0.416 e. The molecule has 0 aromatic heterocycles. The first-order valence-electron chi connectivity index (χ1n) is 25.3. The van der Waals surface area contributed by atoms with Gasteiger partial charge < -0.3 is 26.8 Å². The number of benzene rings is 6. The summed E-state index contributed by atoms with van der Waals surface area (Å²) in [6.45, 7) is 13.8. The van der Waals surface area contributed by atoms with E-state index in [9.17, 15) is 71.9 Å². The number of carbonyl (C=O) groups excluding carboxylic acids is 3. The third kappa shape index (κ3) is 19.7. The van der Waals surface area contributed by atoms with Gasteiger partial charge in [0, 0.05) is 45.8 Å². The first-order chi connectivity index (χ1) is 39.0. The summed E-state index contributed by atoms with van der Waals surface area (Å²) < 4.78 is 158. The van der Waals surface area contributed by atoms with Gasteiger partial charge in [0.25, 0.3) is 17.7 Å². The molecule has 0 heterocycles. The zero-order chi connectivity index (χ0) is 64.5. The second-order valence-corrected chi connectivity index (χ2v) is 23.5. The quantitative estimate of drug-likeness (QED) is 0.0504. The molecule has 6 aromatic carbocycles. The van der Waals surface area contributed by atoms with Crippen LogP contribution in [0.1, 0.15) is 150 Å². The van der Waals surface area contributed by atoms with Crippen molar-refractivity contribution in [1.82, 2.24) is 10.6 Å². The molecule has 25 heteroatoms. The second kappa shape index (κ2) is 28.3. The third-order valence-electron chi connectivity index (χ3n) is 12.9. The van der Waals surface area contributed by atoms with E-state index in [0.717, 1.165) is 12.1 Å². The lowest BCUT2D eigenvalue weighted by atomic mass is 9.89. The van der Waals surface area contributed by atoms with E-state index < -0.39 is 93.6 Å². The van der Waals surface area contributed by atoms with Crippen LogP contribution in [0, 0.1) is 13.8 Å². The number of aromatic carboxylic acids is 1. The van der Waals surface area contributed by atoms with Crippen LogP contribution >= 0.6 is 46.7 Å². The Kier molecular flexibility index (Phi) is 23.6. The van der Waals surface area contributed by atoms with Crippen molar-refractivity contribution in [3.05, 3.63) is 197 Å². The van der Waals surface area contributed by atoms with Gasteiger partial charge in [-0.1, -0.05) is 73.4 Å². The zero-order valence-electron chi connectivity index (χ0n) is 47.2. The van der Waals surface area contributed by atoms with Gasteiger partial charge in [0.15, 0.2) is 0 Å². The van der Waals surface area contributed by atoms with Crippen molar-refractivity contribution in [3.8, 4) is 0 Å². The van der Waals surface area contributed by atoms with Crippen LogP contribution in [0.5, 0.6) is 0 Å². The van der Waals surface area contributed by atoms with Crippen molar-refractivity contribution in [2.24, 2.45) is 0 Å². The van der Waals surface area contributed by atoms with E-state index in [-0.39, 0.29) is 55.6 Å².